The van der Waals surface area contributed by atoms with Gasteiger partial charge in [-0.2, -0.15) is 0 Å². The van der Waals surface area contributed by atoms with Crippen molar-refractivity contribution in [3.63, 3.8) is 0 Å². The first-order chi connectivity index (χ1) is 9.04. The van der Waals surface area contributed by atoms with Crippen molar-refractivity contribution < 1.29 is 29.6 Å². The first-order valence-corrected chi connectivity index (χ1v) is 5.33. The fourth-order valence-corrected chi connectivity index (χ4v) is 1.78. The lowest BCUT2D eigenvalue weighted by molar-refractivity contribution is 0.0732. The van der Waals surface area contributed by atoms with Gasteiger partial charge in [-0.05, 0) is 12.1 Å². The Kier molecular flexibility index (Phi) is 2.25. The number of rotatable bonds is 0. The van der Waals surface area contributed by atoms with E-state index in [2.05, 4.69) is 0 Å². The summed E-state index contributed by atoms with van der Waals surface area (Å²) in [6.45, 7) is 0. The van der Waals surface area contributed by atoms with E-state index in [1.54, 1.807) is 0 Å². The lowest BCUT2D eigenvalue weighted by atomic mass is 10.2. The van der Waals surface area contributed by atoms with Crippen molar-refractivity contribution in [2.24, 2.45) is 0 Å². The van der Waals surface area contributed by atoms with E-state index in [1.807, 2.05) is 0 Å². The molecular weight excluding hydrogens is 252 g/mol. The van der Waals surface area contributed by atoms with E-state index in [1.165, 1.54) is 24.3 Å². The lowest BCUT2D eigenvalue weighted by Gasteiger charge is -2.08. The summed E-state index contributed by atoms with van der Waals surface area (Å²) in [6, 6.07) is 6.13. The van der Waals surface area contributed by atoms with Crippen LogP contribution in [0.3, 0.4) is 0 Å². The maximum absolute atomic E-state index is 11.9. The zero-order valence-corrected chi connectivity index (χ0v) is 9.45. The molecule has 96 valence electrons. The Labute approximate surface area is 107 Å². The van der Waals surface area contributed by atoms with E-state index in [0.29, 0.717) is 0 Å². The Morgan fingerprint density at radius 1 is 0.842 bits per heavy atom. The Hall–Kier alpha value is -2.89. The maximum atomic E-state index is 11.9. The standard InChI is InChI=1S/C13H8O6/c14-6-1-2-8-10(4-6)18-11-5-7(15)3-9(16)12(11)19-13(8)17/h1-5,14-16H. The number of carbonyl (C=O) groups is 1. The van der Waals surface area contributed by atoms with Gasteiger partial charge in [-0.1, -0.05) is 0 Å². The van der Waals surface area contributed by atoms with Crippen molar-refractivity contribution >= 4 is 5.97 Å². The van der Waals surface area contributed by atoms with E-state index < -0.39 is 11.7 Å². The number of benzene rings is 2. The monoisotopic (exact) mass is 260 g/mol. The summed E-state index contributed by atoms with van der Waals surface area (Å²) in [5, 5.41) is 28.4. The molecule has 0 aliphatic carbocycles. The van der Waals surface area contributed by atoms with Crippen LogP contribution in [0, 0.1) is 0 Å². The van der Waals surface area contributed by atoms with Crippen LogP contribution in [0.4, 0.5) is 0 Å². The summed E-state index contributed by atoms with van der Waals surface area (Å²) < 4.78 is 10.4. The lowest BCUT2D eigenvalue weighted by Crippen LogP contribution is -2.06. The number of ether oxygens (including phenoxy) is 2. The fourth-order valence-electron chi connectivity index (χ4n) is 1.78. The van der Waals surface area contributed by atoms with Crippen LogP contribution in [0.25, 0.3) is 0 Å². The van der Waals surface area contributed by atoms with Gasteiger partial charge in [0.15, 0.2) is 11.5 Å². The predicted molar refractivity (Wildman–Crippen MR) is 62.9 cm³/mol. The summed E-state index contributed by atoms with van der Waals surface area (Å²) in [4.78, 5) is 11.9. The quantitative estimate of drug-likeness (QED) is 0.496. The second-order valence-electron chi connectivity index (χ2n) is 3.96. The Morgan fingerprint density at radius 2 is 1.58 bits per heavy atom. The number of phenolic OH excluding ortho intramolecular Hbond substituents is 3. The summed E-state index contributed by atoms with van der Waals surface area (Å²) in [6.07, 6.45) is 0. The van der Waals surface area contributed by atoms with E-state index in [-0.39, 0.29) is 34.3 Å². The van der Waals surface area contributed by atoms with Crippen LogP contribution in [0.15, 0.2) is 30.3 Å². The highest BCUT2D eigenvalue weighted by molar-refractivity contribution is 5.96. The first kappa shape index (κ1) is 11.2. The predicted octanol–water partition coefficient (Wildman–Crippen LogP) is 2.13. The molecule has 0 spiro atoms. The molecule has 1 heterocycles. The van der Waals surface area contributed by atoms with Crippen LogP contribution in [-0.2, 0) is 0 Å². The van der Waals surface area contributed by atoms with Crippen molar-refractivity contribution in [1.29, 1.82) is 0 Å². The second-order valence-corrected chi connectivity index (χ2v) is 3.96. The van der Waals surface area contributed by atoms with Crippen molar-refractivity contribution in [3.8, 4) is 34.5 Å². The molecule has 6 nitrogen and oxygen atoms in total. The SMILES string of the molecule is O=C1Oc2c(O)cc(O)cc2Oc2cc(O)ccc21. The van der Waals surface area contributed by atoms with Crippen LogP contribution in [0.5, 0.6) is 34.5 Å². The average Bonchev–Trinajstić information content (AvgIpc) is 2.45. The molecule has 0 amide bonds. The molecule has 0 saturated heterocycles. The molecule has 1 aliphatic rings. The highest BCUT2D eigenvalue weighted by atomic mass is 16.6. The molecule has 6 heteroatoms. The Balaban J connectivity index is 2.21. The summed E-state index contributed by atoms with van der Waals surface area (Å²) in [5.74, 6) is -1.59. The van der Waals surface area contributed by atoms with E-state index >= 15 is 0 Å². The fraction of sp³-hybridized carbons (Fsp3) is 0. The molecule has 0 unspecified atom stereocenters. The minimum Gasteiger partial charge on any atom is -0.508 e. The van der Waals surface area contributed by atoms with Crippen LogP contribution in [0.2, 0.25) is 0 Å². The number of phenols is 3. The molecule has 0 atom stereocenters. The molecule has 2 aromatic rings. The largest absolute Gasteiger partial charge is 0.508 e. The molecule has 1 aliphatic heterocycles. The zero-order valence-electron chi connectivity index (χ0n) is 9.45. The van der Waals surface area contributed by atoms with E-state index in [9.17, 15) is 20.1 Å². The molecule has 0 fully saturated rings. The van der Waals surface area contributed by atoms with Crippen LogP contribution in [0.1, 0.15) is 10.4 Å². The molecule has 2 aromatic carbocycles. The molecule has 3 rings (SSSR count). The van der Waals surface area contributed by atoms with Crippen LogP contribution in [-0.4, -0.2) is 21.3 Å². The van der Waals surface area contributed by atoms with Gasteiger partial charge in [0.2, 0.25) is 5.75 Å². The molecular formula is C13H8O6. The number of hydrogen-bond donors (Lipinski definition) is 3. The smallest absolute Gasteiger partial charge is 0.347 e. The normalized spacial score (nSPS) is 12.7. The Morgan fingerprint density at radius 3 is 2.37 bits per heavy atom. The van der Waals surface area contributed by atoms with Crippen LogP contribution >= 0.6 is 0 Å². The van der Waals surface area contributed by atoms with Gasteiger partial charge < -0.3 is 24.8 Å². The highest BCUT2D eigenvalue weighted by Gasteiger charge is 2.26. The van der Waals surface area contributed by atoms with Crippen molar-refractivity contribution in [3.05, 3.63) is 35.9 Å². The summed E-state index contributed by atoms with van der Waals surface area (Å²) in [7, 11) is 0. The molecule has 0 saturated carbocycles. The third-order valence-electron chi connectivity index (χ3n) is 2.62. The number of esters is 1. The minimum atomic E-state index is -0.727. The number of carbonyl (C=O) groups excluding carboxylic acids is 1. The molecule has 0 aromatic heterocycles. The van der Waals surface area contributed by atoms with Crippen molar-refractivity contribution in [2.45, 2.75) is 0 Å². The van der Waals surface area contributed by atoms with E-state index in [0.717, 1.165) is 6.07 Å². The van der Waals surface area contributed by atoms with Gasteiger partial charge >= 0.3 is 5.97 Å². The number of hydrogen-bond acceptors (Lipinski definition) is 6. The summed E-state index contributed by atoms with van der Waals surface area (Å²) in [5.41, 5.74) is 0.105. The van der Waals surface area contributed by atoms with Gasteiger partial charge in [-0.25, -0.2) is 4.79 Å². The number of aromatic hydroxyl groups is 3. The van der Waals surface area contributed by atoms with Gasteiger partial charge in [0.25, 0.3) is 0 Å². The molecule has 19 heavy (non-hydrogen) atoms. The zero-order chi connectivity index (χ0) is 13.6. The maximum Gasteiger partial charge on any atom is 0.347 e. The second kappa shape index (κ2) is 3.81. The molecule has 3 N–H and O–H groups in total. The highest BCUT2D eigenvalue weighted by Crippen LogP contribution is 2.45. The summed E-state index contributed by atoms with van der Waals surface area (Å²) >= 11 is 0. The first-order valence-electron chi connectivity index (χ1n) is 5.33. The van der Waals surface area contributed by atoms with Gasteiger partial charge in [-0.15, -0.1) is 0 Å². The van der Waals surface area contributed by atoms with Crippen LogP contribution < -0.4 is 9.47 Å². The molecule has 0 bridgehead atoms. The van der Waals surface area contributed by atoms with Crippen molar-refractivity contribution in [1.82, 2.24) is 0 Å². The van der Waals surface area contributed by atoms with Crippen molar-refractivity contribution in [2.75, 3.05) is 0 Å². The van der Waals surface area contributed by atoms with Gasteiger partial charge in [0, 0.05) is 18.2 Å². The third kappa shape index (κ3) is 1.79. The van der Waals surface area contributed by atoms with Gasteiger partial charge in [0.05, 0.1) is 0 Å². The van der Waals surface area contributed by atoms with Gasteiger partial charge in [0.1, 0.15) is 22.8 Å². The minimum absolute atomic E-state index is 0.0183. The Bertz CT molecular complexity index is 692. The third-order valence-corrected chi connectivity index (χ3v) is 2.62. The molecule has 0 radical (unpaired) electrons. The van der Waals surface area contributed by atoms with E-state index in [4.69, 9.17) is 9.47 Å². The average molecular weight is 260 g/mol. The van der Waals surface area contributed by atoms with Gasteiger partial charge in [-0.3, -0.25) is 0 Å². The topological polar surface area (TPSA) is 96.2 Å². The number of fused-ring (bicyclic) bond motifs is 2.